The summed E-state index contributed by atoms with van der Waals surface area (Å²) in [4.78, 5) is 0. The Balaban J connectivity index is 1.79. The molecule has 98 valence electrons. The highest BCUT2D eigenvalue weighted by Gasteiger charge is 2.06. The highest BCUT2D eigenvalue weighted by Crippen LogP contribution is 2.15. The van der Waals surface area contributed by atoms with E-state index in [1.165, 1.54) is 0 Å². The second-order valence-electron chi connectivity index (χ2n) is 4.01. The van der Waals surface area contributed by atoms with E-state index in [9.17, 15) is 0 Å². The fraction of sp³-hybridized carbons (Fsp3) is 0.308. The second-order valence-corrected chi connectivity index (χ2v) is 4.45. The highest BCUT2D eigenvalue weighted by atomic mass is 35.5. The molecule has 6 heteroatoms. The summed E-state index contributed by atoms with van der Waals surface area (Å²) >= 11 is 5.79. The van der Waals surface area contributed by atoms with E-state index >= 15 is 0 Å². The number of hydrogen-bond acceptors (Lipinski definition) is 4. The number of aromatic nitrogens is 3. The predicted octanol–water partition coefficient (Wildman–Crippen LogP) is 2.58. The van der Waals surface area contributed by atoms with Crippen LogP contribution in [0.25, 0.3) is 0 Å². The largest absolute Gasteiger partial charge is 0.494 e. The van der Waals surface area contributed by atoms with Gasteiger partial charge in [-0.3, -0.25) is 0 Å². The Bertz CT molecular complexity index is 586. The first kappa shape index (κ1) is 13.4. The molecule has 2 aromatic rings. The summed E-state index contributed by atoms with van der Waals surface area (Å²) in [6.45, 7) is 3.08. The van der Waals surface area contributed by atoms with Crippen molar-refractivity contribution in [2.75, 3.05) is 6.61 Å². The Morgan fingerprint density at radius 1 is 1.37 bits per heavy atom. The van der Waals surface area contributed by atoms with Gasteiger partial charge in [0.25, 0.3) is 0 Å². The fourth-order valence-corrected chi connectivity index (χ4v) is 1.74. The number of benzene rings is 1. The first-order chi connectivity index (χ1) is 9.20. The number of nitriles is 1. The minimum Gasteiger partial charge on any atom is -0.494 e. The SMILES string of the molecule is Cc1c(C#N)nnn1CCCOc1ccc(Cl)cc1. The maximum absolute atomic E-state index is 8.77. The normalized spacial score (nSPS) is 10.2. The van der Waals surface area contributed by atoms with Crippen LogP contribution in [0.4, 0.5) is 0 Å². The lowest BCUT2D eigenvalue weighted by Crippen LogP contribution is -2.07. The van der Waals surface area contributed by atoms with Gasteiger partial charge in [-0.2, -0.15) is 5.26 Å². The van der Waals surface area contributed by atoms with Crippen molar-refractivity contribution in [3.8, 4) is 11.8 Å². The van der Waals surface area contributed by atoms with Crippen molar-refractivity contribution in [3.05, 3.63) is 40.7 Å². The standard InChI is InChI=1S/C13H13ClN4O/c1-10-13(9-15)16-17-18(10)7-2-8-19-12-5-3-11(14)4-6-12/h3-6H,2,7-8H2,1H3. The molecule has 0 N–H and O–H groups in total. The molecule has 0 aliphatic heterocycles. The number of halogens is 1. The van der Waals surface area contributed by atoms with E-state index in [2.05, 4.69) is 10.3 Å². The van der Waals surface area contributed by atoms with Crippen LogP contribution in [0.2, 0.25) is 5.02 Å². The van der Waals surface area contributed by atoms with E-state index in [1.807, 2.05) is 25.1 Å². The topological polar surface area (TPSA) is 63.7 Å². The van der Waals surface area contributed by atoms with Crippen molar-refractivity contribution >= 4 is 11.6 Å². The number of ether oxygens (including phenoxy) is 1. The van der Waals surface area contributed by atoms with Gasteiger partial charge in [0.15, 0.2) is 5.69 Å². The van der Waals surface area contributed by atoms with Crippen molar-refractivity contribution in [1.29, 1.82) is 5.26 Å². The van der Waals surface area contributed by atoms with E-state index in [4.69, 9.17) is 21.6 Å². The molecule has 5 nitrogen and oxygen atoms in total. The van der Waals surface area contributed by atoms with E-state index in [-0.39, 0.29) is 0 Å². The quantitative estimate of drug-likeness (QED) is 0.788. The molecule has 1 aromatic heterocycles. The zero-order valence-corrected chi connectivity index (χ0v) is 11.3. The summed E-state index contributed by atoms with van der Waals surface area (Å²) in [6.07, 6.45) is 0.789. The van der Waals surface area contributed by atoms with E-state index < -0.39 is 0 Å². The number of rotatable bonds is 5. The van der Waals surface area contributed by atoms with Gasteiger partial charge in [0, 0.05) is 18.0 Å². The maximum atomic E-state index is 8.77. The van der Waals surface area contributed by atoms with Gasteiger partial charge in [-0.05, 0) is 31.2 Å². The molecular weight excluding hydrogens is 264 g/mol. The van der Waals surface area contributed by atoms with Crippen molar-refractivity contribution in [1.82, 2.24) is 15.0 Å². The van der Waals surface area contributed by atoms with Crippen LogP contribution in [-0.4, -0.2) is 21.6 Å². The van der Waals surface area contributed by atoms with Gasteiger partial charge >= 0.3 is 0 Å². The molecule has 0 radical (unpaired) electrons. The zero-order chi connectivity index (χ0) is 13.7. The molecule has 1 aromatic carbocycles. The molecule has 0 saturated heterocycles. The molecule has 19 heavy (non-hydrogen) atoms. The van der Waals surface area contributed by atoms with Crippen molar-refractivity contribution in [2.24, 2.45) is 0 Å². The fourth-order valence-electron chi connectivity index (χ4n) is 1.61. The number of hydrogen-bond donors (Lipinski definition) is 0. The minimum atomic E-state index is 0.374. The van der Waals surface area contributed by atoms with Gasteiger partial charge in [0.05, 0.1) is 12.3 Å². The third kappa shape index (κ3) is 3.46. The third-order valence-electron chi connectivity index (χ3n) is 2.69. The summed E-state index contributed by atoms with van der Waals surface area (Å²) in [5.74, 6) is 0.789. The summed E-state index contributed by atoms with van der Waals surface area (Å²) in [6, 6.07) is 9.24. The Morgan fingerprint density at radius 2 is 2.11 bits per heavy atom. The molecule has 0 fully saturated rings. The van der Waals surface area contributed by atoms with E-state index in [1.54, 1.807) is 16.8 Å². The Morgan fingerprint density at radius 3 is 2.74 bits per heavy atom. The molecule has 0 aliphatic rings. The molecule has 0 amide bonds. The summed E-state index contributed by atoms with van der Waals surface area (Å²) < 4.78 is 7.28. The van der Waals surface area contributed by atoms with Crippen LogP contribution in [0.15, 0.2) is 24.3 Å². The first-order valence-electron chi connectivity index (χ1n) is 5.89. The zero-order valence-electron chi connectivity index (χ0n) is 10.5. The van der Waals surface area contributed by atoms with Crippen LogP contribution in [0.5, 0.6) is 5.75 Å². The molecular formula is C13H13ClN4O. The molecule has 0 aliphatic carbocycles. The molecule has 0 bridgehead atoms. The number of nitrogens with zero attached hydrogens (tertiary/aromatic N) is 4. The Hall–Kier alpha value is -2.06. The Labute approximate surface area is 116 Å². The van der Waals surface area contributed by atoms with E-state index in [0.717, 1.165) is 17.9 Å². The molecule has 0 unspecified atom stereocenters. The molecule has 0 atom stereocenters. The van der Waals surface area contributed by atoms with Gasteiger partial charge in [-0.25, -0.2) is 4.68 Å². The predicted molar refractivity (Wildman–Crippen MR) is 71.0 cm³/mol. The van der Waals surface area contributed by atoms with Crippen LogP contribution in [0, 0.1) is 18.3 Å². The lowest BCUT2D eigenvalue weighted by molar-refractivity contribution is 0.297. The third-order valence-corrected chi connectivity index (χ3v) is 2.94. The van der Waals surface area contributed by atoms with Crippen molar-refractivity contribution < 1.29 is 4.74 Å². The van der Waals surface area contributed by atoms with Gasteiger partial charge in [-0.1, -0.05) is 16.8 Å². The Kier molecular flexibility index (Phi) is 4.37. The van der Waals surface area contributed by atoms with Gasteiger partial charge in [0.2, 0.25) is 0 Å². The van der Waals surface area contributed by atoms with Gasteiger partial charge < -0.3 is 4.74 Å². The number of aryl methyl sites for hydroxylation is 1. The first-order valence-corrected chi connectivity index (χ1v) is 6.27. The van der Waals surface area contributed by atoms with Crippen LogP contribution in [0.1, 0.15) is 17.8 Å². The molecule has 0 spiro atoms. The molecule has 0 saturated carbocycles. The highest BCUT2D eigenvalue weighted by molar-refractivity contribution is 6.30. The van der Waals surface area contributed by atoms with Crippen molar-refractivity contribution in [3.63, 3.8) is 0 Å². The van der Waals surface area contributed by atoms with Gasteiger partial charge in [-0.15, -0.1) is 5.10 Å². The minimum absolute atomic E-state index is 0.374. The second kappa shape index (κ2) is 6.21. The lowest BCUT2D eigenvalue weighted by atomic mass is 10.3. The summed E-state index contributed by atoms with van der Waals surface area (Å²) in [5.41, 5.74) is 1.16. The average molecular weight is 277 g/mol. The summed E-state index contributed by atoms with van der Waals surface area (Å²) in [5, 5.41) is 17.2. The van der Waals surface area contributed by atoms with Crippen LogP contribution in [0.3, 0.4) is 0 Å². The molecule has 1 heterocycles. The van der Waals surface area contributed by atoms with E-state index in [0.29, 0.717) is 23.9 Å². The van der Waals surface area contributed by atoms with Crippen molar-refractivity contribution in [2.45, 2.75) is 19.9 Å². The smallest absolute Gasteiger partial charge is 0.185 e. The monoisotopic (exact) mass is 276 g/mol. The van der Waals surface area contributed by atoms with Crippen LogP contribution < -0.4 is 4.74 Å². The average Bonchev–Trinajstić information content (AvgIpc) is 2.77. The summed E-state index contributed by atoms with van der Waals surface area (Å²) in [7, 11) is 0. The van der Waals surface area contributed by atoms with Gasteiger partial charge in [0.1, 0.15) is 11.8 Å². The molecule has 2 rings (SSSR count). The maximum Gasteiger partial charge on any atom is 0.185 e. The van der Waals surface area contributed by atoms with Crippen LogP contribution in [-0.2, 0) is 6.54 Å². The lowest BCUT2D eigenvalue weighted by Gasteiger charge is -2.06. The van der Waals surface area contributed by atoms with Crippen LogP contribution >= 0.6 is 11.6 Å².